The maximum atomic E-state index is 5.14. The SMILES string of the molecule is CC(C)=CC1=NCCO1. The predicted molar refractivity (Wildman–Crippen MR) is 37.7 cm³/mol. The monoisotopic (exact) mass is 125 g/mol. The third kappa shape index (κ3) is 1.88. The lowest BCUT2D eigenvalue weighted by molar-refractivity contribution is 0.349. The van der Waals surface area contributed by atoms with Gasteiger partial charge in [0.25, 0.3) is 0 Å². The Labute approximate surface area is 55.2 Å². The third-order valence-corrected chi connectivity index (χ3v) is 1.02. The van der Waals surface area contributed by atoms with Gasteiger partial charge in [0.05, 0.1) is 6.54 Å². The highest BCUT2D eigenvalue weighted by molar-refractivity contribution is 5.89. The summed E-state index contributed by atoms with van der Waals surface area (Å²) in [6.45, 7) is 5.63. The van der Waals surface area contributed by atoms with Gasteiger partial charge in [0.1, 0.15) is 6.61 Å². The van der Waals surface area contributed by atoms with Gasteiger partial charge in [0.2, 0.25) is 5.90 Å². The van der Waals surface area contributed by atoms with Gasteiger partial charge in [-0.1, -0.05) is 5.57 Å². The minimum Gasteiger partial charge on any atom is -0.476 e. The fourth-order valence-corrected chi connectivity index (χ4v) is 0.686. The second-order valence-electron chi connectivity index (χ2n) is 2.29. The van der Waals surface area contributed by atoms with Gasteiger partial charge in [-0.25, -0.2) is 4.99 Å². The van der Waals surface area contributed by atoms with E-state index in [4.69, 9.17) is 4.74 Å². The Bertz CT molecular complexity index is 154. The predicted octanol–water partition coefficient (Wildman–Crippen LogP) is 1.38. The van der Waals surface area contributed by atoms with E-state index in [2.05, 4.69) is 4.99 Å². The first-order valence-corrected chi connectivity index (χ1v) is 3.11. The molecule has 1 rings (SSSR count). The molecule has 9 heavy (non-hydrogen) atoms. The minimum absolute atomic E-state index is 0.749. The maximum absolute atomic E-state index is 5.14. The molecule has 0 aromatic carbocycles. The lowest BCUT2D eigenvalue weighted by Gasteiger charge is -1.92. The van der Waals surface area contributed by atoms with Crippen LogP contribution in [-0.4, -0.2) is 19.0 Å². The number of ether oxygens (including phenoxy) is 1. The highest BCUT2D eigenvalue weighted by Crippen LogP contribution is 1.98. The summed E-state index contributed by atoms with van der Waals surface area (Å²) < 4.78 is 5.14. The van der Waals surface area contributed by atoms with Crippen molar-refractivity contribution >= 4 is 5.90 Å². The van der Waals surface area contributed by atoms with Crippen LogP contribution in [0.1, 0.15) is 13.8 Å². The second-order valence-corrected chi connectivity index (χ2v) is 2.29. The summed E-state index contributed by atoms with van der Waals surface area (Å²) in [5.41, 5.74) is 1.23. The Morgan fingerprint density at radius 2 is 2.44 bits per heavy atom. The number of hydrogen-bond donors (Lipinski definition) is 0. The molecule has 0 radical (unpaired) electrons. The molecule has 0 aromatic heterocycles. The van der Waals surface area contributed by atoms with Crippen LogP contribution in [0.4, 0.5) is 0 Å². The topological polar surface area (TPSA) is 21.6 Å². The van der Waals surface area contributed by atoms with Crippen molar-refractivity contribution in [3.05, 3.63) is 11.6 Å². The first-order valence-electron chi connectivity index (χ1n) is 3.11. The summed E-state index contributed by atoms with van der Waals surface area (Å²) in [6.07, 6.45) is 1.95. The van der Waals surface area contributed by atoms with Crippen LogP contribution < -0.4 is 0 Å². The minimum atomic E-state index is 0.749. The lowest BCUT2D eigenvalue weighted by atomic mass is 10.3. The van der Waals surface area contributed by atoms with Crippen molar-refractivity contribution in [3.63, 3.8) is 0 Å². The van der Waals surface area contributed by atoms with Crippen LogP contribution in [0.2, 0.25) is 0 Å². The lowest BCUT2D eigenvalue weighted by Crippen LogP contribution is -1.93. The van der Waals surface area contributed by atoms with Crippen molar-refractivity contribution in [3.8, 4) is 0 Å². The molecule has 1 aliphatic rings. The molecule has 1 heterocycles. The number of nitrogens with zero attached hydrogens (tertiary/aromatic N) is 1. The number of rotatable bonds is 1. The van der Waals surface area contributed by atoms with E-state index in [0.717, 1.165) is 19.0 Å². The molecule has 0 spiro atoms. The van der Waals surface area contributed by atoms with Gasteiger partial charge in [0.15, 0.2) is 0 Å². The first-order chi connectivity index (χ1) is 4.29. The van der Waals surface area contributed by atoms with Gasteiger partial charge in [-0.15, -0.1) is 0 Å². The number of hydrogen-bond acceptors (Lipinski definition) is 2. The van der Waals surface area contributed by atoms with Gasteiger partial charge in [-0.05, 0) is 19.9 Å². The molecular formula is C7H11NO. The van der Waals surface area contributed by atoms with Crippen LogP contribution in [0, 0.1) is 0 Å². The molecule has 0 aliphatic carbocycles. The molecule has 0 atom stereocenters. The van der Waals surface area contributed by atoms with Crippen molar-refractivity contribution < 1.29 is 4.74 Å². The molecule has 0 saturated heterocycles. The van der Waals surface area contributed by atoms with Gasteiger partial charge in [-0.2, -0.15) is 0 Å². The average Bonchev–Trinajstić information content (AvgIpc) is 2.15. The molecule has 0 bridgehead atoms. The number of aliphatic imine (C=N–C) groups is 1. The van der Waals surface area contributed by atoms with E-state index in [-0.39, 0.29) is 0 Å². The van der Waals surface area contributed by atoms with Crippen molar-refractivity contribution in [2.45, 2.75) is 13.8 Å². The van der Waals surface area contributed by atoms with Crippen LogP contribution in [0.5, 0.6) is 0 Å². The standard InChI is InChI=1S/C7H11NO/c1-6(2)5-7-8-3-4-9-7/h5H,3-4H2,1-2H3. The summed E-state index contributed by atoms with van der Waals surface area (Å²) in [5.74, 6) is 0.787. The van der Waals surface area contributed by atoms with Crippen molar-refractivity contribution in [2.24, 2.45) is 4.99 Å². The maximum Gasteiger partial charge on any atom is 0.208 e. The molecule has 2 heteroatoms. The zero-order valence-corrected chi connectivity index (χ0v) is 5.85. The summed E-state index contributed by atoms with van der Waals surface area (Å²) in [5, 5.41) is 0. The molecule has 0 amide bonds. The van der Waals surface area contributed by atoms with E-state index in [0.29, 0.717) is 0 Å². The highest BCUT2D eigenvalue weighted by Gasteiger charge is 2.01. The molecule has 0 aromatic rings. The van der Waals surface area contributed by atoms with Crippen LogP contribution in [0.25, 0.3) is 0 Å². The quantitative estimate of drug-likeness (QED) is 0.518. The average molecular weight is 125 g/mol. The second kappa shape index (κ2) is 2.67. The van der Waals surface area contributed by atoms with E-state index in [9.17, 15) is 0 Å². The Kier molecular flexibility index (Phi) is 1.88. The van der Waals surface area contributed by atoms with E-state index in [1.54, 1.807) is 0 Å². The summed E-state index contributed by atoms with van der Waals surface area (Å²) in [4.78, 5) is 4.09. The Balaban J connectivity index is 2.53. The van der Waals surface area contributed by atoms with E-state index in [1.807, 2.05) is 19.9 Å². The first kappa shape index (κ1) is 6.33. The van der Waals surface area contributed by atoms with E-state index >= 15 is 0 Å². The Hall–Kier alpha value is -0.790. The molecular weight excluding hydrogens is 114 g/mol. The molecule has 50 valence electrons. The Morgan fingerprint density at radius 3 is 2.89 bits per heavy atom. The number of allylic oxidation sites excluding steroid dienone is 1. The van der Waals surface area contributed by atoms with Gasteiger partial charge < -0.3 is 4.74 Å². The van der Waals surface area contributed by atoms with E-state index in [1.165, 1.54) is 5.57 Å². The van der Waals surface area contributed by atoms with Crippen LogP contribution >= 0.6 is 0 Å². The summed E-state index contributed by atoms with van der Waals surface area (Å²) in [7, 11) is 0. The smallest absolute Gasteiger partial charge is 0.208 e. The van der Waals surface area contributed by atoms with Crippen molar-refractivity contribution in [1.82, 2.24) is 0 Å². The van der Waals surface area contributed by atoms with Crippen LogP contribution in [-0.2, 0) is 4.74 Å². The van der Waals surface area contributed by atoms with E-state index < -0.39 is 0 Å². The summed E-state index contributed by atoms with van der Waals surface area (Å²) >= 11 is 0. The zero-order chi connectivity index (χ0) is 6.69. The normalized spacial score (nSPS) is 16.4. The molecule has 2 nitrogen and oxygen atoms in total. The Morgan fingerprint density at radius 1 is 1.67 bits per heavy atom. The highest BCUT2D eigenvalue weighted by atomic mass is 16.5. The molecule has 1 aliphatic heterocycles. The largest absolute Gasteiger partial charge is 0.476 e. The van der Waals surface area contributed by atoms with Gasteiger partial charge in [-0.3, -0.25) is 0 Å². The molecule has 0 unspecified atom stereocenters. The molecule has 0 saturated carbocycles. The summed E-state index contributed by atoms with van der Waals surface area (Å²) in [6, 6.07) is 0. The van der Waals surface area contributed by atoms with Crippen LogP contribution in [0.3, 0.4) is 0 Å². The molecule has 0 fully saturated rings. The molecule has 0 N–H and O–H groups in total. The van der Waals surface area contributed by atoms with Gasteiger partial charge >= 0.3 is 0 Å². The third-order valence-electron chi connectivity index (χ3n) is 1.02. The fourth-order valence-electron chi connectivity index (χ4n) is 0.686. The van der Waals surface area contributed by atoms with Gasteiger partial charge in [0, 0.05) is 0 Å². The van der Waals surface area contributed by atoms with Crippen LogP contribution in [0.15, 0.2) is 16.6 Å². The van der Waals surface area contributed by atoms with Crippen molar-refractivity contribution in [1.29, 1.82) is 0 Å². The van der Waals surface area contributed by atoms with Crippen molar-refractivity contribution in [2.75, 3.05) is 13.2 Å². The fraction of sp³-hybridized carbons (Fsp3) is 0.571. The zero-order valence-electron chi connectivity index (χ0n) is 5.85.